The van der Waals surface area contributed by atoms with Crippen LogP contribution in [-0.2, 0) is 9.59 Å². The second-order valence-electron chi connectivity index (χ2n) is 7.00. The maximum absolute atomic E-state index is 11.9. The Bertz CT molecular complexity index is 503. The van der Waals surface area contributed by atoms with Crippen LogP contribution in [0.5, 0.6) is 0 Å². The van der Waals surface area contributed by atoms with Crippen LogP contribution in [-0.4, -0.2) is 64.1 Å². The molecule has 2 rings (SSSR count). The first-order valence-corrected chi connectivity index (χ1v) is 10.7. The first-order chi connectivity index (χ1) is 12.5. The van der Waals surface area contributed by atoms with Crippen LogP contribution < -0.4 is 10.6 Å². The summed E-state index contributed by atoms with van der Waals surface area (Å²) in [7, 11) is 0. The SMILES string of the molecule is CCN1C(=O)N[C@H]2CS[C@@H](CCCCC(=O)NCCCCCC(=O)O)[C@H]21. The number of hydrogen-bond donors (Lipinski definition) is 3. The number of nitrogens with zero attached hydrogens (tertiary/aromatic N) is 1. The molecule has 148 valence electrons. The zero-order valence-corrected chi connectivity index (χ0v) is 16.4. The third-order valence-corrected chi connectivity index (χ3v) is 6.58. The van der Waals surface area contributed by atoms with Gasteiger partial charge in [0.15, 0.2) is 0 Å². The molecular weight excluding hydrogens is 354 g/mol. The van der Waals surface area contributed by atoms with Gasteiger partial charge in [-0.1, -0.05) is 12.8 Å². The molecule has 0 saturated carbocycles. The Morgan fingerprint density at radius 2 is 2.00 bits per heavy atom. The summed E-state index contributed by atoms with van der Waals surface area (Å²) in [4.78, 5) is 36.1. The average molecular weight is 386 g/mol. The number of fused-ring (bicyclic) bond motifs is 1. The van der Waals surface area contributed by atoms with Crippen molar-refractivity contribution >= 4 is 29.7 Å². The van der Waals surface area contributed by atoms with Gasteiger partial charge in [0.2, 0.25) is 5.91 Å². The Morgan fingerprint density at radius 3 is 2.73 bits per heavy atom. The third-order valence-electron chi connectivity index (χ3n) is 5.09. The molecule has 0 aromatic heterocycles. The Balaban J connectivity index is 1.53. The number of carboxylic acid groups (broad SMARTS) is 1. The van der Waals surface area contributed by atoms with Crippen molar-refractivity contribution in [3.05, 3.63) is 0 Å². The van der Waals surface area contributed by atoms with E-state index >= 15 is 0 Å². The molecule has 0 spiro atoms. The van der Waals surface area contributed by atoms with Crippen molar-refractivity contribution in [3.8, 4) is 0 Å². The summed E-state index contributed by atoms with van der Waals surface area (Å²) in [6.45, 7) is 3.40. The Kier molecular flexibility index (Phi) is 8.54. The number of likely N-dealkylation sites (N-methyl/N-ethyl adjacent to an activating group) is 1. The van der Waals surface area contributed by atoms with Gasteiger partial charge in [-0.2, -0.15) is 11.8 Å². The van der Waals surface area contributed by atoms with Gasteiger partial charge in [0.1, 0.15) is 0 Å². The number of urea groups is 1. The first-order valence-electron chi connectivity index (χ1n) is 9.70. The lowest BCUT2D eigenvalue weighted by molar-refractivity contribution is -0.137. The fraction of sp³-hybridized carbons (Fsp3) is 0.833. The summed E-state index contributed by atoms with van der Waals surface area (Å²) in [6, 6.07) is 0.648. The number of amides is 3. The van der Waals surface area contributed by atoms with Crippen molar-refractivity contribution in [3.63, 3.8) is 0 Å². The fourth-order valence-electron chi connectivity index (χ4n) is 3.74. The highest BCUT2D eigenvalue weighted by Gasteiger charge is 2.47. The normalized spacial score (nSPS) is 24.4. The molecular formula is C18H31N3O4S. The van der Waals surface area contributed by atoms with Gasteiger partial charge in [0, 0.05) is 36.9 Å². The van der Waals surface area contributed by atoms with Gasteiger partial charge in [-0.3, -0.25) is 9.59 Å². The molecule has 0 bridgehead atoms. The standard InChI is InChI=1S/C18H31N3O4S/c1-2-21-17-13(20-18(21)25)12-26-14(17)8-5-6-9-15(22)19-11-7-3-4-10-16(23)24/h13-14,17H,2-12H2,1H3,(H,19,22)(H,20,25)(H,23,24)/t13-,14-,17-/m0/s1. The second-order valence-corrected chi connectivity index (χ2v) is 8.28. The zero-order chi connectivity index (χ0) is 18.9. The largest absolute Gasteiger partial charge is 0.481 e. The van der Waals surface area contributed by atoms with Gasteiger partial charge in [0.05, 0.1) is 12.1 Å². The molecule has 26 heavy (non-hydrogen) atoms. The highest BCUT2D eigenvalue weighted by Crippen LogP contribution is 2.37. The van der Waals surface area contributed by atoms with Crippen LogP contribution in [0.15, 0.2) is 0 Å². The molecule has 2 heterocycles. The maximum atomic E-state index is 11.9. The van der Waals surface area contributed by atoms with E-state index in [1.165, 1.54) is 0 Å². The Morgan fingerprint density at radius 1 is 1.23 bits per heavy atom. The van der Waals surface area contributed by atoms with E-state index < -0.39 is 5.97 Å². The third kappa shape index (κ3) is 6.07. The van der Waals surface area contributed by atoms with Gasteiger partial charge in [-0.05, 0) is 32.6 Å². The minimum atomic E-state index is -0.763. The quantitative estimate of drug-likeness (QED) is 0.353. The van der Waals surface area contributed by atoms with E-state index in [4.69, 9.17) is 5.11 Å². The van der Waals surface area contributed by atoms with E-state index in [0.717, 1.165) is 44.4 Å². The van der Waals surface area contributed by atoms with E-state index in [0.29, 0.717) is 30.7 Å². The van der Waals surface area contributed by atoms with Crippen LogP contribution >= 0.6 is 11.8 Å². The molecule has 0 radical (unpaired) electrons. The van der Waals surface area contributed by atoms with Crippen molar-refractivity contribution in [1.82, 2.24) is 15.5 Å². The Labute approximate surface area is 159 Å². The fourth-order valence-corrected chi connectivity index (χ4v) is 5.34. The second kappa shape index (κ2) is 10.6. The topological polar surface area (TPSA) is 98.7 Å². The summed E-state index contributed by atoms with van der Waals surface area (Å²) in [5, 5.41) is 15.0. The minimum Gasteiger partial charge on any atom is -0.481 e. The number of rotatable bonds is 12. The van der Waals surface area contributed by atoms with Crippen molar-refractivity contribution < 1.29 is 19.5 Å². The van der Waals surface area contributed by atoms with E-state index in [9.17, 15) is 14.4 Å². The minimum absolute atomic E-state index is 0.0653. The van der Waals surface area contributed by atoms with Crippen molar-refractivity contribution in [2.75, 3.05) is 18.8 Å². The maximum Gasteiger partial charge on any atom is 0.318 e. The van der Waals surface area contributed by atoms with Crippen LogP contribution in [0.25, 0.3) is 0 Å². The van der Waals surface area contributed by atoms with E-state index in [1.54, 1.807) is 0 Å². The summed E-state index contributed by atoms with van der Waals surface area (Å²) in [5.74, 6) is 0.300. The molecule has 2 aliphatic heterocycles. The van der Waals surface area contributed by atoms with Gasteiger partial charge in [-0.15, -0.1) is 0 Å². The van der Waals surface area contributed by atoms with Gasteiger partial charge in [0.25, 0.3) is 0 Å². The Hall–Kier alpha value is -1.44. The molecule has 3 N–H and O–H groups in total. The molecule has 8 heteroatoms. The van der Waals surface area contributed by atoms with Crippen LogP contribution in [0.4, 0.5) is 4.79 Å². The molecule has 2 fully saturated rings. The summed E-state index contributed by atoms with van der Waals surface area (Å²) >= 11 is 1.94. The van der Waals surface area contributed by atoms with Crippen LogP contribution in [0, 0.1) is 0 Å². The van der Waals surface area contributed by atoms with Gasteiger partial charge >= 0.3 is 12.0 Å². The van der Waals surface area contributed by atoms with E-state index in [2.05, 4.69) is 10.6 Å². The van der Waals surface area contributed by atoms with E-state index in [1.807, 2.05) is 23.6 Å². The average Bonchev–Trinajstić information content (AvgIpc) is 3.12. The number of nitrogens with one attached hydrogen (secondary N) is 2. The predicted octanol–water partition coefficient (Wildman–Crippen LogP) is 2.21. The smallest absolute Gasteiger partial charge is 0.318 e. The lowest BCUT2D eigenvalue weighted by Gasteiger charge is -2.26. The number of carbonyl (C=O) groups is 3. The lowest BCUT2D eigenvalue weighted by Crippen LogP contribution is -2.40. The number of carbonyl (C=O) groups excluding carboxylic acids is 2. The van der Waals surface area contributed by atoms with Crippen LogP contribution in [0.1, 0.15) is 58.3 Å². The summed E-state index contributed by atoms with van der Waals surface area (Å²) in [6.07, 6.45) is 5.97. The number of aliphatic carboxylic acids is 1. The van der Waals surface area contributed by atoms with Crippen molar-refractivity contribution in [2.24, 2.45) is 0 Å². The molecule has 3 amide bonds. The molecule has 0 unspecified atom stereocenters. The molecule has 0 aromatic rings. The summed E-state index contributed by atoms with van der Waals surface area (Å²) < 4.78 is 0. The molecule has 2 saturated heterocycles. The monoisotopic (exact) mass is 385 g/mol. The highest BCUT2D eigenvalue weighted by atomic mass is 32.2. The molecule has 2 aliphatic rings. The molecule has 0 aromatic carbocycles. The number of unbranched alkanes of at least 4 members (excludes halogenated alkanes) is 3. The molecule has 3 atom stereocenters. The van der Waals surface area contributed by atoms with Crippen LogP contribution in [0.2, 0.25) is 0 Å². The molecule has 0 aliphatic carbocycles. The van der Waals surface area contributed by atoms with Crippen molar-refractivity contribution in [1.29, 1.82) is 0 Å². The van der Waals surface area contributed by atoms with Crippen molar-refractivity contribution in [2.45, 2.75) is 75.6 Å². The number of hydrogen-bond acceptors (Lipinski definition) is 4. The lowest BCUT2D eigenvalue weighted by atomic mass is 10.0. The molecule has 7 nitrogen and oxygen atoms in total. The highest BCUT2D eigenvalue weighted by molar-refractivity contribution is 8.00. The van der Waals surface area contributed by atoms with Gasteiger partial charge in [-0.25, -0.2) is 4.79 Å². The van der Waals surface area contributed by atoms with Crippen LogP contribution in [0.3, 0.4) is 0 Å². The number of carboxylic acids is 1. The number of thioether (sulfide) groups is 1. The van der Waals surface area contributed by atoms with E-state index in [-0.39, 0.29) is 24.4 Å². The zero-order valence-electron chi connectivity index (χ0n) is 15.5. The first kappa shape index (κ1) is 20.9. The summed E-state index contributed by atoms with van der Waals surface area (Å²) in [5.41, 5.74) is 0. The van der Waals surface area contributed by atoms with Gasteiger partial charge < -0.3 is 20.6 Å². The predicted molar refractivity (Wildman–Crippen MR) is 102 cm³/mol.